The van der Waals surface area contributed by atoms with Crippen LogP contribution in [0, 0.1) is 13.8 Å². The smallest absolute Gasteiger partial charge is 0.255 e. The average molecular weight is 479 g/mol. The predicted molar refractivity (Wildman–Crippen MR) is 133 cm³/mol. The van der Waals surface area contributed by atoms with Gasteiger partial charge in [0.2, 0.25) is 5.89 Å². The molecular formula is C26H23ClN2O3S. The zero-order chi connectivity index (χ0) is 23.4. The molecule has 0 fully saturated rings. The molecule has 1 heterocycles. The summed E-state index contributed by atoms with van der Waals surface area (Å²) in [7, 11) is 1.54. The van der Waals surface area contributed by atoms with Gasteiger partial charge in [-0.2, -0.15) is 0 Å². The Morgan fingerprint density at radius 3 is 2.48 bits per heavy atom. The fourth-order valence-corrected chi connectivity index (χ4v) is 4.28. The number of methoxy groups -OCH3 is 1. The number of rotatable bonds is 7. The quantitative estimate of drug-likeness (QED) is 0.285. The molecule has 4 aromatic rings. The van der Waals surface area contributed by atoms with Crippen LogP contribution < -0.4 is 10.1 Å². The normalized spacial score (nSPS) is 10.8. The van der Waals surface area contributed by atoms with Gasteiger partial charge in [-0.25, -0.2) is 4.98 Å². The molecule has 3 aromatic carbocycles. The van der Waals surface area contributed by atoms with Crippen LogP contribution in [0.15, 0.2) is 76.0 Å². The van der Waals surface area contributed by atoms with Crippen molar-refractivity contribution in [2.24, 2.45) is 0 Å². The molecule has 0 atom stereocenters. The van der Waals surface area contributed by atoms with Gasteiger partial charge < -0.3 is 14.5 Å². The van der Waals surface area contributed by atoms with Crippen LogP contribution in [-0.2, 0) is 5.75 Å². The Morgan fingerprint density at radius 2 is 1.79 bits per heavy atom. The Morgan fingerprint density at radius 1 is 1.06 bits per heavy atom. The summed E-state index contributed by atoms with van der Waals surface area (Å²) in [5.74, 6) is 2.33. The maximum absolute atomic E-state index is 12.7. The van der Waals surface area contributed by atoms with E-state index in [9.17, 15) is 4.79 Å². The number of oxazole rings is 1. The third kappa shape index (κ3) is 5.59. The second-order valence-electron chi connectivity index (χ2n) is 7.50. The standard InChI is InChI=1S/C26H23ClN2O3S/c1-16-4-11-21(12-5-16)33-15-23-17(2)32-26(29-23)19-8-6-18(7-9-19)25(30)28-22-14-20(27)10-13-24(22)31-3/h4-14H,15H2,1-3H3,(H,28,30). The lowest BCUT2D eigenvalue weighted by Crippen LogP contribution is -2.12. The first-order valence-corrected chi connectivity index (χ1v) is 11.7. The van der Waals surface area contributed by atoms with Gasteiger partial charge in [-0.1, -0.05) is 29.3 Å². The fourth-order valence-electron chi connectivity index (χ4n) is 3.21. The summed E-state index contributed by atoms with van der Waals surface area (Å²) in [6.45, 7) is 3.99. The number of amides is 1. The van der Waals surface area contributed by atoms with E-state index < -0.39 is 0 Å². The van der Waals surface area contributed by atoms with Gasteiger partial charge in [0.05, 0.1) is 18.5 Å². The van der Waals surface area contributed by atoms with Crippen molar-refractivity contribution in [3.05, 3.63) is 94.3 Å². The third-order valence-electron chi connectivity index (χ3n) is 5.09. The van der Waals surface area contributed by atoms with Gasteiger partial charge >= 0.3 is 0 Å². The van der Waals surface area contributed by atoms with Gasteiger partial charge in [0.15, 0.2) is 0 Å². The number of halogens is 1. The van der Waals surface area contributed by atoms with Crippen molar-refractivity contribution in [3.8, 4) is 17.2 Å². The number of aromatic nitrogens is 1. The van der Waals surface area contributed by atoms with Crippen molar-refractivity contribution >= 4 is 35.0 Å². The highest BCUT2D eigenvalue weighted by Crippen LogP contribution is 2.30. The van der Waals surface area contributed by atoms with E-state index in [1.54, 1.807) is 49.2 Å². The molecule has 168 valence electrons. The van der Waals surface area contributed by atoms with Crippen LogP contribution in [0.4, 0.5) is 5.69 Å². The largest absolute Gasteiger partial charge is 0.495 e. The molecule has 1 N–H and O–H groups in total. The van der Waals surface area contributed by atoms with Gasteiger partial charge in [-0.3, -0.25) is 4.79 Å². The maximum atomic E-state index is 12.7. The number of aryl methyl sites for hydroxylation is 2. The van der Waals surface area contributed by atoms with Crippen LogP contribution in [0.5, 0.6) is 5.75 Å². The van der Waals surface area contributed by atoms with Gasteiger partial charge in [0.1, 0.15) is 11.5 Å². The predicted octanol–water partition coefficient (Wildman–Crippen LogP) is 7.17. The van der Waals surface area contributed by atoms with Crippen molar-refractivity contribution in [1.82, 2.24) is 4.98 Å². The number of anilines is 1. The van der Waals surface area contributed by atoms with Gasteiger partial charge in [0.25, 0.3) is 5.91 Å². The minimum Gasteiger partial charge on any atom is -0.495 e. The molecule has 7 heteroatoms. The number of ether oxygens (including phenoxy) is 1. The number of hydrogen-bond acceptors (Lipinski definition) is 5. The van der Waals surface area contributed by atoms with Crippen molar-refractivity contribution < 1.29 is 13.9 Å². The first-order valence-electron chi connectivity index (χ1n) is 10.3. The molecule has 0 radical (unpaired) electrons. The van der Waals surface area contributed by atoms with Crippen LogP contribution >= 0.6 is 23.4 Å². The summed E-state index contributed by atoms with van der Waals surface area (Å²) >= 11 is 7.77. The Hall–Kier alpha value is -3.22. The lowest BCUT2D eigenvalue weighted by molar-refractivity contribution is 0.102. The summed E-state index contributed by atoms with van der Waals surface area (Å²) in [5, 5.41) is 3.35. The SMILES string of the molecule is COc1ccc(Cl)cc1NC(=O)c1ccc(-c2nc(CSc3ccc(C)cc3)c(C)o2)cc1. The fraction of sp³-hybridized carbons (Fsp3) is 0.154. The molecule has 0 unspecified atom stereocenters. The highest BCUT2D eigenvalue weighted by Gasteiger charge is 2.14. The topological polar surface area (TPSA) is 64.4 Å². The van der Waals surface area contributed by atoms with Crippen LogP contribution in [0.3, 0.4) is 0 Å². The van der Waals surface area contributed by atoms with Crippen molar-refractivity contribution in [2.75, 3.05) is 12.4 Å². The van der Waals surface area contributed by atoms with Gasteiger partial charge in [0, 0.05) is 26.8 Å². The maximum Gasteiger partial charge on any atom is 0.255 e. The van der Waals surface area contributed by atoms with Crippen molar-refractivity contribution in [3.63, 3.8) is 0 Å². The monoisotopic (exact) mass is 478 g/mol. The molecule has 1 aromatic heterocycles. The molecule has 0 spiro atoms. The minimum atomic E-state index is -0.263. The van der Waals surface area contributed by atoms with E-state index in [0.717, 1.165) is 22.8 Å². The zero-order valence-electron chi connectivity index (χ0n) is 18.5. The lowest BCUT2D eigenvalue weighted by atomic mass is 10.1. The minimum absolute atomic E-state index is 0.263. The molecule has 33 heavy (non-hydrogen) atoms. The number of nitrogens with zero attached hydrogens (tertiary/aromatic N) is 1. The summed E-state index contributed by atoms with van der Waals surface area (Å²) in [5.41, 5.74) is 3.97. The van der Waals surface area contributed by atoms with Gasteiger partial charge in [-0.05, 0) is 68.4 Å². The summed E-state index contributed by atoms with van der Waals surface area (Å²) in [6, 6.07) is 20.6. The highest BCUT2D eigenvalue weighted by molar-refractivity contribution is 7.98. The van der Waals surface area contributed by atoms with Crippen molar-refractivity contribution in [1.29, 1.82) is 0 Å². The molecule has 1 amide bonds. The highest BCUT2D eigenvalue weighted by atomic mass is 35.5. The Bertz CT molecular complexity index is 1270. The zero-order valence-corrected chi connectivity index (χ0v) is 20.1. The number of benzene rings is 3. The Labute approximate surface area is 202 Å². The van der Waals surface area contributed by atoms with Crippen LogP contribution in [0.2, 0.25) is 5.02 Å². The molecule has 0 saturated carbocycles. The average Bonchev–Trinajstić information content (AvgIpc) is 3.19. The second kappa shape index (κ2) is 10.1. The molecule has 0 aliphatic carbocycles. The molecule has 4 rings (SSSR count). The summed E-state index contributed by atoms with van der Waals surface area (Å²) in [6.07, 6.45) is 0. The first-order chi connectivity index (χ1) is 15.9. The summed E-state index contributed by atoms with van der Waals surface area (Å²) in [4.78, 5) is 18.5. The molecule has 0 saturated heterocycles. The van der Waals surface area contributed by atoms with Crippen LogP contribution in [0.25, 0.3) is 11.5 Å². The molecular weight excluding hydrogens is 456 g/mol. The molecule has 0 aliphatic heterocycles. The van der Waals surface area contributed by atoms with Crippen LogP contribution in [0.1, 0.15) is 27.4 Å². The molecule has 0 aliphatic rings. The van der Waals surface area contributed by atoms with E-state index in [0.29, 0.717) is 27.9 Å². The summed E-state index contributed by atoms with van der Waals surface area (Å²) < 4.78 is 11.2. The third-order valence-corrected chi connectivity index (χ3v) is 6.35. The second-order valence-corrected chi connectivity index (χ2v) is 8.98. The van der Waals surface area contributed by atoms with Gasteiger partial charge in [-0.15, -0.1) is 11.8 Å². The van der Waals surface area contributed by atoms with E-state index in [2.05, 4.69) is 41.5 Å². The number of carbonyl (C=O) groups is 1. The van der Waals surface area contributed by atoms with E-state index >= 15 is 0 Å². The molecule has 5 nitrogen and oxygen atoms in total. The lowest BCUT2D eigenvalue weighted by Gasteiger charge is -2.10. The van der Waals surface area contributed by atoms with E-state index in [-0.39, 0.29) is 5.91 Å². The number of thioether (sulfide) groups is 1. The first kappa shape index (κ1) is 23.0. The van der Waals surface area contributed by atoms with Crippen LogP contribution in [-0.4, -0.2) is 18.0 Å². The Kier molecular flexibility index (Phi) is 7.06. The number of carbonyl (C=O) groups excluding carboxylic acids is 1. The van der Waals surface area contributed by atoms with E-state index in [1.165, 1.54) is 10.5 Å². The van der Waals surface area contributed by atoms with E-state index in [4.69, 9.17) is 20.8 Å². The van der Waals surface area contributed by atoms with E-state index in [1.807, 2.05) is 19.1 Å². The molecule has 0 bridgehead atoms. The number of hydrogen-bond donors (Lipinski definition) is 1. The number of nitrogens with one attached hydrogen (secondary N) is 1. The van der Waals surface area contributed by atoms with Crippen molar-refractivity contribution in [2.45, 2.75) is 24.5 Å². The Balaban J connectivity index is 1.45.